The molecule has 0 saturated carbocycles. The summed E-state index contributed by atoms with van der Waals surface area (Å²) >= 11 is 0. The highest BCUT2D eigenvalue weighted by atomic mass is 15.4. The predicted octanol–water partition coefficient (Wildman–Crippen LogP) is 3.75. The van der Waals surface area contributed by atoms with Gasteiger partial charge < -0.3 is 9.80 Å². The molecule has 0 atom stereocenters. The first-order valence-corrected chi connectivity index (χ1v) is 6.70. The van der Waals surface area contributed by atoms with Crippen LogP contribution in [0.4, 0.5) is 17.2 Å². The Morgan fingerprint density at radius 1 is 1.16 bits per heavy atom. The van der Waals surface area contributed by atoms with Crippen LogP contribution < -0.4 is 9.80 Å². The minimum absolute atomic E-state index is 0.545. The first-order chi connectivity index (χ1) is 9.16. The van der Waals surface area contributed by atoms with Gasteiger partial charge in [0.1, 0.15) is 0 Å². The predicted molar refractivity (Wildman–Crippen MR) is 80.2 cm³/mol. The zero-order valence-electron chi connectivity index (χ0n) is 11.7. The molecule has 0 fully saturated rings. The van der Waals surface area contributed by atoms with E-state index in [1.807, 2.05) is 12.3 Å². The van der Waals surface area contributed by atoms with Gasteiger partial charge in [-0.15, -0.1) is 0 Å². The van der Waals surface area contributed by atoms with E-state index in [4.69, 9.17) is 0 Å². The highest BCUT2D eigenvalue weighted by molar-refractivity contribution is 5.78. The normalized spacial score (nSPS) is 14.1. The molecule has 2 aromatic rings. The van der Waals surface area contributed by atoms with E-state index >= 15 is 0 Å². The third kappa shape index (κ3) is 2.05. The smallest absolute Gasteiger partial charge is 0.158 e. The van der Waals surface area contributed by atoms with Gasteiger partial charge in [0.05, 0.1) is 12.4 Å². The Morgan fingerprint density at radius 2 is 2.00 bits per heavy atom. The zero-order valence-corrected chi connectivity index (χ0v) is 11.7. The molecule has 3 nitrogen and oxygen atoms in total. The SMILES string of the molecule is CC(C)c1cccc(N2CN(C)c3cccnc32)c1. The van der Waals surface area contributed by atoms with Crippen molar-refractivity contribution >= 4 is 17.2 Å². The average Bonchev–Trinajstić information content (AvgIpc) is 2.77. The van der Waals surface area contributed by atoms with Crippen LogP contribution in [0.1, 0.15) is 25.3 Å². The number of aromatic nitrogens is 1. The van der Waals surface area contributed by atoms with Crippen LogP contribution in [0.2, 0.25) is 0 Å². The maximum Gasteiger partial charge on any atom is 0.158 e. The van der Waals surface area contributed by atoms with E-state index in [9.17, 15) is 0 Å². The van der Waals surface area contributed by atoms with Crippen LogP contribution in [0.3, 0.4) is 0 Å². The van der Waals surface area contributed by atoms with Gasteiger partial charge in [0, 0.05) is 18.9 Å². The molecule has 0 amide bonds. The Kier molecular flexibility index (Phi) is 2.90. The van der Waals surface area contributed by atoms with Gasteiger partial charge in [-0.25, -0.2) is 4.98 Å². The Bertz CT molecular complexity index is 592. The molecule has 1 aliphatic rings. The van der Waals surface area contributed by atoms with Crippen LogP contribution in [0.15, 0.2) is 42.6 Å². The Balaban J connectivity index is 2.02. The summed E-state index contributed by atoms with van der Waals surface area (Å²) in [5.74, 6) is 1.59. The lowest BCUT2D eigenvalue weighted by Crippen LogP contribution is -2.24. The molecule has 1 aromatic carbocycles. The molecule has 0 aliphatic carbocycles. The quantitative estimate of drug-likeness (QED) is 0.812. The molecule has 3 rings (SSSR count). The van der Waals surface area contributed by atoms with Gasteiger partial charge in [-0.2, -0.15) is 0 Å². The van der Waals surface area contributed by atoms with Gasteiger partial charge >= 0.3 is 0 Å². The number of rotatable bonds is 2. The van der Waals surface area contributed by atoms with Crippen molar-refractivity contribution in [3.63, 3.8) is 0 Å². The number of pyridine rings is 1. The molecule has 0 bridgehead atoms. The summed E-state index contributed by atoms with van der Waals surface area (Å²) in [6.45, 7) is 5.30. The number of nitrogens with zero attached hydrogens (tertiary/aromatic N) is 3. The van der Waals surface area contributed by atoms with Crippen molar-refractivity contribution in [1.29, 1.82) is 0 Å². The number of hydrogen-bond acceptors (Lipinski definition) is 3. The van der Waals surface area contributed by atoms with Crippen LogP contribution in [0, 0.1) is 0 Å². The third-order valence-corrected chi connectivity index (χ3v) is 3.64. The van der Waals surface area contributed by atoms with Crippen LogP contribution >= 0.6 is 0 Å². The highest BCUT2D eigenvalue weighted by Crippen LogP contribution is 2.38. The molecule has 3 heteroatoms. The molecule has 2 heterocycles. The van der Waals surface area contributed by atoms with Gasteiger partial charge in [0.15, 0.2) is 5.82 Å². The second kappa shape index (κ2) is 4.57. The van der Waals surface area contributed by atoms with Crippen LogP contribution in [-0.2, 0) is 0 Å². The lowest BCUT2D eigenvalue weighted by molar-refractivity contribution is 0.863. The first kappa shape index (κ1) is 12.0. The molecule has 0 N–H and O–H groups in total. The van der Waals surface area contributed by atoms with Crippen molar-refractivity contribution in [2.45, 2.75) is 19.8 Å². The second-order valence-electron chi connectivity index (χ2n) is 5.36. The molecule has 1 aromatic heterocycles. The lowest BCUT2D eigenvalue weighted by atomic mass is 10.0. The first-order valence-electron chi connectivity index (χ1n) is 6.70. The van der Waals surface area contributed by atoms with Gasteiger partial charge in [-0.1, -0.05) is 26.0 Å². The number of benzene rings is 1. The fourth-order valence-electron chi connectivity index (χ4n) is 2.51. The van der Waals surface area contributed by atoms with Crippen molar-refractivity contribution in [1.82, 2.24) is 4.98 Å². The fourth-order valence-corrected chi connectivity index (χ4v) is 2.51. The van der Waals surface area contributed by atoms with Crippen molar-refractivity contribution in [3.8, 4) is 0 Å². The topological polar surface area (TPSA) is 19.4 Å². The molecule has 19 heavy (non-hydrogen) atoms. The Morgan fingerprint density at radius 3 is 2.79 bits per heavy atom. The van der Waals surface area contributed by atoms with E-state index in [0.717, 1.165) is 12.5 Å². The van der Waals surface area contributed by atoms with Crippen molar-refractivity contribution < 1.29 is 0 Å². The minimum atomic E-state index is 0.545. The Hall–Kier alpha value is -2.03. The zero-order chi connectivity index (χ0) is 13.4. The van der Waals surface area contributed by atoms with E-state index in [1.165, 1.54) is 16.9 Å². The third-order valence-electron chi connectivity index (χ3n) is 3.64. The van der Waals surface area contributed by atoms with Crippen LogP contribution in [0.5, 0.6) is 0 Å². The maximum atomic E-state index is 4.53. The summed E-state index contributed by atoms with van der Waals surface area (Å²) in [7, 11) is 2.10. The number of hydrogen-bond donors (Lipinski definition) is 0. The van der Waals surface area contributed by atoms with E-state index < -0.39 is 0 Å². The van der Waals surface area contributed by atoms with Gasteiger partial charge in [-0.3, -0.25) is 0 Å². The van der Waals surface area contributed by atoms with E-state index in [1.54, 1.807) is 0 Å². The molecule has 0 radical (unpaired) electrons. The molecule has 0 spiro atoms. The highest BCUT2D eigenvalue weighted by Gasteiger charge is 2.25. The minimum Gasteiger partial charge on any atom is -0.354 e. The van der Waals surface area contributed by atoms with Crippen molar-refractivity contribution in [3.05, 3.63) is 48.2 Å². The average molecular weight is 253 g/mol. The maximum absolute atomic E-state index is 4.53. The molecule has 1 aliphatic heterocycles. The van der Waals surface area contributed by atoms with Crippen molar-refractivity contribution in [2.24, 2.45) is 0 Å². The molecular formula is C16H19N3. The largest absolute Gasteiger partial charge is 0.354 e. The number of fused-ring (bicyclic) bond motifs is 1. The lowest BCUT2D eigenvalue weighted by Gasteiger charge is -2.20. The fraction of sp³-hybridized carbons (Fsp3) is 0.312. The summed E-state index contributed by atoms with van der Waals surface area (Å²) < 4.78 is 0. The van der Waals surface area contributed by atoms with E-state index in [-0.39, 0.29) is 0 Å². The number of anilines is 3. The standard InChI is InChI=1S/C16H19N3/c1-12(2)13-6-4-7-14(10-13)19-11-18(3)15-8-5-9-17-16(15)19/h4-10,12H,11H2,1-3H3. The van der Waals surface area contributed by atoms with Crippen LogP contribution in [-0.4, -0.2) is 18.7 Å². The van der Waals surface area contributed by atoms with Gasteiger partial charge in [0.25, 0.3) is 0 Å². The summed E-state index contributed by atoms with van der Waals surface area (Å²) in [5, 5.41) is 0. The summed E-state index contributed by atoms with van der Waals surface area (Å²) in [4.78, 5) is 9.02. The van der Waals surface area contributed by atoms with E-state index in [2.05, 4.69) is 66.0 Å². The summed E-state index contributed by atoms with van der Waals surface area (Å²) in [6.07, 6.45) is 1.86. The molecule has 0 saturated heterocycles. The molecular weight excluding hydrogens is 234 g/mol. The monoisotopic (exact) mass is 253 g/mol. The Labute approximate surface area is 114 Å². The van der Waals surface area contributed by atoms with Crippen molar-refractivity contribution in [2.75, 3.05) is 23.5 Å². The molecule has 0 unspecified atom stereocenters. The summed E-state index contributed by atoms with van der Waals surface area (Å²) in [6, 6.07) is 12.8. The van der Waals surface area contributed by atoms with E-state index in [0.29, 0.717) is 5.92 Å². The van der Waals surface area contributed by atoms with Gasteiger partial charge in [-0.05, 0) is 35.7 Å². The van der Waals surface area contributed by atoms with Gasteiger partial charge in [0.2, 0.25) is 0 Å². The summed E-state index contributed by atoms with van der Waals surface area (Å²) in [5.41, 5.74) is 3.78. The second-order valence-corrected chi connectivity index (χ2v) is 5.36. The van der Waals surface area contributed by atoms with Crippen LogP contribution in [0.25, 0.3) is 0 Å². The molecule has 98 valence electrons.